The monoisotopic (exact) mass is 645 g/mol. The highest BCUT2D eigenvalue weighted by molar-refractivity contribution is 7.81. The number of fused-ring (bicyclic) bond motifs is 5. The second-order valence-electron chi connectivity index (χ2n) is 9.62. The minimum atomic E-state index is -5.10. The summed E-state index contributed by atoms with van der Waals surface area (Å²) in [5.74, 6) is 0.00396. The molecule has 3 fully saturated rings. The number of rotatable bonds is 2. The molecule has 7 rings (SSSR count). The second kappa shape index (κ2) is 10.4. The lowest BCUT2D eigenvalue weighted by atomic mass is 10.1. The van der Waals surface area contributed by atoms with Gasteiger partial charge in [-0.1, -0.05) is 0 Å². The van der Waals surface area contributed by atoms with Crippen molar-refractivity contribution in [3.63, 3.8) is 0 Å². The maximum Gasteiger partial charge on any atom is 0.472 e. The van der Waals surface area contributed by atoms with E-state index in [2.05, 4.69) is 29.9 Å². The molecule has 23 heteroatoms. The highest BCUT2D eigenvalue weighted by Gasteiger charge is 2.54. The third kappa shape index (κ3) is 5.04. The van der Waals surface area contributed by atoms with Crippen LogP contribution in [0.3, 0.4) is 0 Å². The van der Waals surface area contributed by atoms with Crippen LogP contribution in [0, 0.1) is 0 Å². The molecule has 0 amide bonds. The molecule has 0 radical (unpaired) electrons. The van der Waals surface area contributed by atoms with Crippen molar-refractivity contribution in [3.8, 4) is 0 Å². The van der Waals surface area contributed by atoms with E-state index in [1.54, 1.807) is 0 Å². The highest BCUT2D eigenvalue weighted by atomic mass is 32.3. The summed E-state index contributed by atoms with van der Waals surface area (Å²) >= 11 is 0. The molecule has 3 saturated heterocycles. The fourth-order valence-electron chi connectivity index (χ4n) is 5.06. The van der Waals surface area contributed by atoms with E-state index in [9.17, 15) is 23.0 Å². The lowest BCUT2D eigenvalue weighted by Crippen LogP contribution is -2.38. The molecular weight excluding hydrogens is 624 g/mol. The van der Waals surface area contributed by atoms with Gasteiger partial charge in [0.25, 0.3) is 0 Å². The Bertz CT molecular complexity index is 1840. The zero-order valence-corrected chi connectivity index (χ0v) is 23.1. The first-order valence-corrected chi connectivity index (χ1v) is 15.3. The van der Waals surface area contributed by atoms with Crippen molar-refractivity contribution in [3.05, 3.63) is 31.5 Å². The molecule has 20 nitrogen and oxygen atoms in total. The molecule has 4 N–H and O–H groups in total. The van der Waals surface area contributed by atoms with Crippen LogP contribution in [0.25, 0.3) is 22.3 Å². The zero-order valence-electron chi connectivity index (χ0n) is 21.4. The van der Waals surface area contributed by atoms with Crippen molar-refractivity contribution in [2.24, 2.45) is 0 Å². The van der Waals surface area contributed by atoms with Gasteiger partial charge in [-0.25, -0.2) is 47.2 Å². The van der Waals surface area contributed by atoms with Gasteiger partial charge in [-0.15, -0.1) is 0 Å². The molecule has 7 heterocycles. The zero-order chi connectivity index (χ0) is 30.1. The number of imidazole rings is 2. The number of halogens is 1. The number of nitrogens with zero attached hydrogens (tertiary/aromatic N) is 8. The summed E-state index contributed by atoms with van der Waals surface area (Å²) in [6.07, 6.45) is -7.33. The molecule has 0 spiro atoms. The maximum atomic E-state index is 15.8. The number of ether oxygens (including phenoxy) is 2. The average Bonchev–Trinajstić information content (AvgIpc) is 3.72. The van der Waals surface area contributed by atoms with Crippen molar-refractivity contribution < 1.29 is 54.3 Å². The Morgan fingerprint density at radius 2 is 1.72 bits per heavy atom. The van der Waals surface area contributed by atoms with Crippen LogP contribution in [-0.4, -0.2) is 107 Å². The number of nitrogens with two attached hydrogens (primary N) is 1. The van der Waals surface area contributed by atoms with Crippen molar-refractivity contribution >= 4 is 46.4 Å². The standard InChI is InChI=1S/C20H21FN9O11PS/c21-11-14-10(39-19(11)30-7-28-12-16(22)24-5-26-18(12)30)3-37-43(34,35)41-15-13(31)9(2-36-42(32,33)40-14)38-20(15)29-6-27-8-1-23-4-25-17(8)29/h1,4-7,9-11,13-15,19-20,31H,2-3H2,(H,32,33)(H2,22,24,26). The molecule has 230 valence electrons. The van der Waals surface area contributed by atoms with Gasteiger partial charge >= 0.3 is 18.2 Å². The molecule has 4 aromatic heterocycles. The van der Waals surface area contributed by atoms with Crippen molar-refractivity contribution in [1.29, 1.82) is 0 Å². The number of aromatic nitrogens is 8. The SMILES string of the molecule is Nc1ncnc2c1ncn2C1OC2COS(=O)(=O)OC3C(O)C(COP(=O)(O)OC2C1F)OC3n1cnc2cncnc21. The number of nitrogen functional groups attached to an aromatic ring is 1. The van der Waals surface area contributed by atoms with Crippen LogP contribution in [0.2, 0.25) is 0 Å². The van der Waals surface area contributed by atoms with Gasteiger partial charge < -0.3 is 25.2 Å². The van der Waals surface area contributed by atoms with Gasteiger partial charge in [0.15, 0.2) is 41.8 Å². The van der Waals surface area contributed by atoms with Gasteiger partial charge in [0, 0.05) is 0 Å². The van der Waals surface area contributed by atoms with Gasteiger partial charge in [-0.05, 0) is 0 Å². The first kappa shape index (κ1) is 28.5. The number of hydrogen-bond donors (Lipinski definition) is 3. The van der Waals surface area contributed by atoms with E-state index in [4.69, 9.17) is 32.6 Å². The first-order valence-electron chi connectivity index (χ1n) is 12.4. The summed E-state index contributed by atoms with van der Waals surface area (Å²) in [7, 11) is -10.1. The molecule has 43 heavy (non-hydrogen) atoms. The van der Waals surface area contributed by atoms with Crippen molar-refractivity contribution in [2.75, 3.05) is 18.9 Å². The number of aliphatic hydroxyl groups is 1. The van der Waals surface area contributed by atoms with Crippen LogP contribution in [-0.2, 0) is 41.9 Å². The van der Waals surface area contributed by atoms with E-state index in [0.717, 1.165) is 17.2 Å². The molecule has 2 bridgehead atoms. The van der Waals surface area contributed by atoms with Gasteiger partial charge in [0.1, 0.15) is 48.1 Å². The quantitative estimate of drug-likeness (QED) is 0.219. The summed E-state index contributed by atoms with van der Waals surface area (Å²) in [6.45, 7) is -1.73. The minimum absolute atomic E-state index is 0.00396. The van der Waals surface area contributed by atoms with E-state index in [1.165, 1.54) is 23.4 Å². The summed E-state index contributed by atoms with van der Waals surface area (Å²) in [6, 6.07) is 0. The highest BCUT2D eigenvalue weighted by Crippen LogP contribution is 2.50. The van der Waals surface area contributed by atoms with Gasteiger partial charge in [-0.3, -0.25) is 18.2 Å². The normalized spacial score (nSPS) is 36.6. The number of hydrogen-bond acceptors (Lipinski definition) is 17. The second-order valence-corrected chi connectivity index (χ2v) is 12.3. The Labute approximate surface area is 239 Å². The van der Waals surface area contributed by atoms with Crippen molar-refractivity contribution in [1.82, 2.24) is 39.0 Å². The number of anilines is 1. The Morgan fingerprint density at radius 3 is 2.56 bits per heavy atom. The predicted molar refractivity (Wildman–Crippen MR) is 134 cm³/mol. The number of alkyl halides is 1. The molecule has 3 aliphatic heterocycles. The van der Waals surface area contributed by atoms with Crippen LogP contribution < -0.4 is 5.73 Å². The van der Waals surface area contributed by atoms with Gasteiger partial charge in [0.05, 0.1) is 32.1 Å². The fraction of sp³-hybridized carbons (Fsp3) is 0.500. The Balaban J connectivity index is 1.20. The van der Waals surface area contributed by atoms with Crippen LogP contribution in [0.4, 0.5) is 10.2 Å². The third-order valence-corrected chi connectivity index (χ3v) is 8.88. The Hall–Kier alpha value is -3.31. The molecule has 0 aromatic carbocycles. The van der Waals surface area contributed by atoms with E-state index in [-0.39, 0.29) is 22.6 Å². The summed E-state index contributed by atoms with van der Waals surface area (Å²) < 4.78 is 89.0. The van der Waals surface area contributed by atoms with E-state index in [0.29, 0.717) is 5.52 Å². The maximum absolute atomic E-state index is 15.8. The first-order chi connectivity index (χ1) is 20.5. The topological polar surface area (TPSA) is 260 Å². The average molecular weight is 645 g/mol. The summed E-state index contributed by atoms with van der Waals surface area (Å²) in [4.78, 5) is 34.4. The van der Waals surface area contributed by atoms with E-state index >= 15 is 4.39 Å². The Morgan fingerprint density at radius 1 is 0.977 bits per heavy atom. The summed E-state index contributed by atoms with van der Waals surface area (Å²) in [5.41, 5.74) is 6.52. The molecular formula is C20H21FN9O11PS. The molecule has 0 saturated carbocycles. The fourth-order valence-corrected chi connectivity index (χ4v) is 6.85. The predicted octanol–water partition coefficient (Wildman–Crippen LogP) is -1.10. The minimum Gasteiger partial charge on any atom is -0.387 e. The smallest absolute Gasteiger partial charge is 0.387 e. The van der Waals surface area contributed by atoms with Crippen LogP contribution in [0.15, 0.2) is 31.5 Å². The molecule has 4 aromatic rings. The Kier molecular flexibility index (Phi) is 6.88. The number of phosphoric ester groups is 1. The number of phosphoric acid groups is 1. The lowest BCUT2D eigenvalue weighted by Gasteiger charge is -2.23. The lowest BCUT2D eigenvalue weighted by molar-refractivity contribution is -0.0617. The number of aliphatic hydroxyl groups excluding tert-OH is 1. The van der Waals surface area contributed by atoms with Gasteiger partial charge in [0.2, 0.25) is 0 Å². The van der Waals surface area contributed by atoms with Crippen LogP contribution >= 0.6 is 7.82 Å². The molecule has 3 aliphatic rings. The molecule has 0 aliphatic carbocycles. The summed E-state index contributed by atoms with van der Waals surface area (Å²) in [5, 5.41) is 10.9. The molecule has 9 unspecified atom stereocenters. The third-order valence-electron chi connectivity index (χ3n) is 7.02. The van der Waals surface area contributed by atoms with E-state index in [1.807, 2.05) is 0 Å². The van der Waals surface area contributed by atoms with Crippen molar-refractivity contribution in [2.45, 2.75) is 49.1 Å². The molecule has 9 atom stereocenters. The van der Waals surface area contributed by atoms with Crippen LogP contribution in [0.5, 0.6) is 0 Å². The van der Waals surface area contributed by atoms with E-state index < -0.39 is 80.6 Å². The van der Waals surface area contributed by atoms with Gasteiger partial charge in [-0.2, -0.15) is 8.42 Å². The van der Waals surface area contributed by atoms with Crippen LogP contribution in [0.1, 0.15) is 12.5 Å². The largest absolute Gasteiger partial charge is 0.472 e.